The van der Waals surface area contributed by atoms with E-state index in [2.05, 4.69) is 12.2 Å². The van der Waals surface area contributed by atoms with Crippen molar-refractivity contribution in [3.63, 3.8) is 0 Å². The molecular formula is C18H24Cl2N2O3. The third-order valence-electron chi connectivity index (χ3n) is 4.75. The third-order valence-corrected chi connectivity index (χ3v) is 5.49. The van der Waals surface area contributed by atoms with Crippen molar-refractivity contribution >= 4 is 40.9 Å². The summed E-state index contributed by atoms with van der Waals surface area (Å²) in [7, 11) is 0. The van der Waals surface area contributed by atoms with Gasteiger partial charge in [0.15, 0.2) is 0 Å². The fourth-order valence-corrected chi connectivity index (χ4v) is 3.56. The van der Waals surface area contributed by atoms with Crippen molar-refractivity contribution in [1.29, 1.82) is 0 Å². The number of hydrogen-bond donors (Lipinski definition) is 2. The zero-order valence-electron chi connectivity index (χ0n) is 14.3. The van der Waals surface area contributed by atoms with Crippen LogP contribution in [0.3, 0.4) is 0 Å². The Kier molecular flexibility index (Phi) is 7.38. The van der Waals surface area contributed by atoms with Crippen molar-refractivity contribution in [1.82, 2.24) is 4.90 Å². The van der Waals surface area contributed by atoms with Crippen molar-refractivity contribution in [3.05, 3.63) is 28.2 Å². The Morgan fingerprint density at radius 1 is 1.28 bits per heavy atom. The van der Waals surface area contributed by atoms with Crippen LogP contribution in [0.4, 0.5) is 10.5 Å². The van der Waals surface area contributed by atoms with E-state index >= 15 is 0 Å². The molecule has 0 saturated carbocycles. The molecule has 7 heteroatoms. The highest BCUT2D eigenvalue weighted by atomic mass is 35.5. The van der Waals surface area contributed by atoms with Crippen molar-refractivity contribution in [3.8, 4) is 0 Å². The Bertz CT molecular complexity index is 616. The first-order chi connectivity index (χ1) is 11.9. The average Bonchev–Trinajstić information content (AvgIpc) is 2.59. The first-order valence-electron chi connectivity index (χ1n) is 8.66. The second-order valence-corrected chi connectivity index (χ2v) is 7.28. The van der Waals surface area contributed by atoms with E-state index in [1.54, 1.807) is 23.1 Å². The van der Waals surface area contributed by atoms with Crippen LogP contribution < -0.4 is 5.32 Å². The number of rotatable bonds is 6. The van der Waals surface area contributed by atoms with E-state index in [9.17, 15) is 14.7 Å². The number of carboxylic acids is 1. The summed E-state index contributed by atoms with van der Waals surface area (Å²) in [5.74, 6) is -0.884. The van der Waals surface area contributed by atoms with Crippen LogP contribution in [-0.4, -0.2) is 35.1 Å². The molecule has 1 fully saturated rings. The predicted molar refractivity (Wildman–Crippen MR) is 100 cm³/mol. The summed E-state index contributed by atoms with van der Waals surface area (Å²) < 4.78 is 0. The number of nitrogens with zero attached hydrogens (tertiary/aromatic N) is 1. The number of amides is 2. The van der Waals surface area contributed by atoms with Gasteiger partial charge in [-0.25, -0.2) is 4.79 Å². The molecule has 25 heavy (non-hydrogen) atoms. The second kappa shape index (κ2) is 9.30. The van der Waals surface area contributed by atoms with Crippen molar-refractivity contribution in [2.75, 3.05) is 18.4 Å². The van der Waals surface area contributed by atoms with Crippen molar-refractivity contribution in [2.24, 2.45) is 11.8 Å². The topological polar surface area (TPSA) is 69.6 Å². The molecule has 0 bridgehead atoms. The van der Waals surface area contributed by atoms with Gasteiger partial charge in [-0.15, -0.1) is 0 Å². The number of urea groups is 1. The Hall–Kier alpha value is -1.46. The fourth-order valence-electron chi connectivity index (χ4n) is 3.27. The summed E-state index contributed by atoms with van der Waals surface area (Å²) in [6, 6.07) is 4.75. The van der Waals surface area contributed by atoms with Gasteiger partial charge in [-0.05, 0) is 43.4 Å². The molecule has 1 atom stereocenters. The smallest absolute Gasteiger partial charge is 0.321 e. The van der Waals surface area contributed by atoms with E-state index in [4.69, 9.17) is 23.2 Å². The third kappa shape index (κ3) is 5.51. The summed E-state index contributed by atoms with van der Waals surface area (Å²) >= 11 is 11.8. The molecular weight excluding hydrogens is 363 g/mol. The number of nitrogens with one attached hydrogen (secondary N) is 1. The predicted octanol–water partition coefficient (Wildman–Crippen LogP) is 5.13. The number of aliphatic carboxylic acids is 1. The van der Waals surface area contributed by atoms with Crippen LogP contribution in [0.25, 0.3) is 0 Å². The van der Waals surface area contributed by atoms with Gasteiger partial charge in [-0.2, -0.15) is 0 Å². The molecule has 1 saturated heterocycles. The van der Waals surface area contributed by atoms with E-state index in [-0.39, 0.29) is 17.9 Å². The Balaban J connectivity index is 1.88. The average molecular weight is 387 g/mol. The zero-order chi connectivity index (χ0) is 18.4. The number of piperidine rings is 1. The van der Waals surface area contributed by atoms with Crippen molar-refractivity contribution < 1.29 is 14.7 Å². The molecule has 0 aliphatic carbocycles. The largest absolute Gasteiger partial charge is 0.481 e. The SMILES string of the molecule is CCCCC(C(=O)O)C1CCN(C(=O)Nc2ccc(Cl)c(Cl)c2)CC1. The van der Waals surface area contributed by atoms with Crippen LogP contribution >= 0.6 is 23.2 Å². The molecule has 0 spiro atoms. The molecule has 0 radical (unpaired) electrons. The molecule has 2 rings (SSSR count). The van der Waals surface area contributed by atoms with Gasteiger partial charge in [0.1, 0.15) is 0 Å². The van der Waals surface area contributed by atoms with Gasteiger partial charge >= 0.3 is 12.0 Å². The molecule has 1 heterocycles. The number of carboxylic acid groups (broad SMARTS) is 1. The first-order valence-corrected chi connectivity index (χ1v) is 9.41. The van der Waals surface area contributed by atoms with Crippen LogP contribution in [-0.2, 0) is 4.79 Å². The van der Waals surface area contributed by atoms with Gasteiger partial charge in [0.25, 0.3) is 0 Å². The number of unbranched alkanes of at least 4 members (excludes halogenated alkanes) is 1. The van der Waals surface area contributed by atoms with E-state index in [1.807, 2.05) is 0 Å². The Labute approximate surface area is 158 Å². The standard InChI is InChI=1S/C18H24Cl2N2O3/c1-2-3-4-14(17(23)24)12-7-9-22(10-8-12)18(25)21-13-5-6-15(19)16(20)11-13/h5-6,11-12,14H,2-4,7-10H2,1H3,(H,21,25)(H,23,24). The lowest BCUT2D eigenvalue weighted by Gasteiger charge is -2.34. The minimum absolute atomic E-state index is 0.137. The highest BCUT2D eigenvalue weighted by molar-refractivity contribution is 6.42. The van der Waals surface area contributed by atoms with Crippen molar-refractivity contribution in [2.45, 2.75) is 39.0 Å². The summed E-state index contributed by atoms with van der Waals surface area (Å²) in [6.07, 6.45) is 4.07. The maximum atomic E-state index is 12.4. The lowest BCUT2D eigenvalue weighted by Crippen LogP contribution is -2.43. The number of benzene rings is 1. The van der Waals surface area contributed by atoms with E-state index in [0.29, 0.717) is 35.2 Å². The summed E-state index contributed by atoms with van der Waals surface area (Å²) in [5, 5.41) is 13.1. The lowest BCUT2D eigenvalue weighted by molar-refractivity contribution is -0.144. The summed E-state index contributed by atoms with van der Waals surface area (Å²) in [6.45, 7) is 3.19. The first kappa shape index (κ1) is 19.9. The maximum Gasteiger partial charge on any atom is 0.321 e. The van der Waals surface area contributed by atoms with Gasteiger partial charge in [-0.1, -0.05) is 43.0 Å². The Morgan fingerprint density at radius 2 is 1.96 bits per heavy atom. The molecule has 2 N–H and O–H groups in total. The van der Waals surface area contributed by atoms with E-state index in [0.717, 1.165) is 25.7 Å². The molecule has 2 amide bonds. The quantitative estimate of drug-likeness (QED) is 0.711. The van der Waals surface area contributed by atoms with Crippen LogP contribution in [0, 0.1) is 11.8 Å². The molecule has 1 aromatic rings. The van der Waals surface area contributed by atoms with Gasteiger partial charge in [0, 0.05) is 18.8 Å². The van der Waals surface area contributed by atoms with Gasteiger partial charge < -0.3 is 15.3 Å². The molecule has 0 aromatic heterocycles. The Morgan fingerprint density at radius 3 is 2.52 bits per heavy atom. The van der Waals surface area contributed by atoms with Gasteiger partial charge in [0.05, 0.1) is 16.0 Å². The second-order valence-electron chi connectivity index (χ2n) is 6.47. The zero-order valence-corrected chi connectivity index (χ0v) is 15.8. The van der Waals surface area contributed by atoms with Crippen LogP contribution in [0.5, 0.6) is 0 Å². The number of likely N-dealkylation sites (tertiary alicyclic amines) is 1. The van der Waals surface area contributed by atoms with E-state index in [1.165, 1.54) is 0 Å². The summed E-state index contributed by atoms with van der Waals surface area (Å²) in [5.41, 5.74) is 0.591. The normalized spacial score (nSPS) is 16.5. The minimum atomic E-state index is -0.716. The number of carbonyl (C=O) groups excluding carboxylic acids is 1. The van der Waals surface area contributed by atoms with Crippen LogP contribution in [0.2, 0.25) is 10.0 Å². The fraction of sp³-hybridized carbons (Fsp3) is 0.556. The number of carbonyl (C=O) groups is 2. The number of anilines is 1. The van der Waals surface area contributed by atoms with Crippen LogP contribution in [0.15, 0.2) is 18.2 Å². The molecule has 138 valence electrons. The lowest BCUT2D eigenvalue weighted by atomic mass is 9.81. The number of hydrogen-bond acceptors (Lipinski definition) is 2. The molecule has 1 aromatic carbocycles. The molecule has 1 aliphatic heterocycles. The molecule has 1 unspecified atom stereocenters. The molecule has 5 nitrogen and oxygen atoms in total. The number of halogens is 2. The van der Waals surface area contributed by atoms with Crippen LogP contribution in [0.1, 0.15) is 39.0 Å². The highest BCUT2D eigenvalue weighted by Gasteiger charge is 2.32. The highest BCUT2D eigenvalue weighted by Crippen LogP contribution is 2.30. The summed E-state index contributed by atoms with van der Waals surface area (Å²) in [4.78, 5) is 25.6. The van der Waals surface area contributed by atoms with E-state index < -0.39 is 5.97 Å². The molecule has 1 aliphatic rings. The monoisotopic (exact) mass is 386 g/mol. The van der Waals surface area contributed by atoms with Gasteiger partial charge in [-0.3, -0.25) is 4.79 Å². The minimum Gasteiger partial charge on any atom is -0.481 e. The van der Waals surface area contributed by atoms with Gasteiger partial charge in [0.2, 0.25) is 0 Å². The maximum absolute atomic E-state index is 12.4.